The minimum atomic E-state index is -0.679. The van der Waals surface area contributed by atoms with E-state index in [2.05, 4.69) is 20.0 Å². The van der Waals surface area contributed by atoms with Crippen LogP contribution in [0, 0.1) is 19.1 Å². The van der Waals surface area contributed by atoms with E-state index in [1.807, 2.05) is 0 Å². The van der Waals surface area contributed by atoms with E-state index in [9.17, 15) is 14.8 Å². The quantitative estimate of drug-likeness (QED) is 0.481. The second-order valence-electron chi connectivity index (χ2n) is 5.39. The lowest BCUT2D eigenvalue weighted by Crippen LogP contribution is -2.33. The summed E-state index contributed by atoms with van der Waals surface area (Å²) in [4.78, 5) is 25.2. The lowest BCUT2D eigenvalue weighted by molar-refractivity contribution is -0.803. The third-order valence-electron chi connectivity index (χ3n) is 3.56. The van der Waals surface area contributed by atoms with Crippen LogP contribution in [0.25, 0.3) is 0 Å². The summed E-state index contributed by atoms with van der Waals surface area (Å²) in [5.74, 6) is -1.29. The second kappa shape index (κ2) is 5.41. The summed E-state index contributed by atoms with van der Waals surface area (Å²) in [6.07, 6.45) is 2.96. The van der Waals surface area contributed by atoms with Crippen LogP contribution in [0.3, 0.4) is 0 Å². The number of ketones is 2. The number of aryl methyl sites for hydroxylation is 4. The molecule has 3 aromatic heterocycles. The molecule has 10 heteroatoms. The SMILES string of the molecule is Cc1nn(C)cc1C(=O)c1no[n+]([O-])c1C(=O)c1cn(C)nc1C. The molecule has 0 aromatic carbocycles. The zero-order valence-electron chi connectivity index (χ0n) is 13.5. The molecule has 0 aliphatic heterocycles. The molecule has 3 heterocycles. The van der Waals surface area contributed by atoms with E-state index in [0.717, 1.165) is 0 Å². The van der Waals surface area contributed by atoms with Crippen molar-refractivity contribution in [1.29, 1.82) is 0 Å². The molecule has 0 unspecified atom stereocenters. The third kappa shape index (κ3) is 2.37. The standard InChI is InChI=1S/C14H14N6O4/c1-7-9(5-18(3)15-7)13(21)11-12(20(23)24-17-11)14(22)10-6-19(4)16-8(10)2/h5-6H,1-4H3. The predicted octanol–water partition coefficient (Wildman–Crippen LogP) is -0.146. The van der Waals surface area contributed by atoms with Gasteiger partial charge in [-0.15, -0.1) is 0 Å². The number of nitrogens with zero attached hydrogens (tertiary/aromatic N) is 6. The molecule has 0 amide bonds. The first-order valence-electron chi connectivity index (χ1n) is 6.99. The zero-order valence-corrected chi connectivity index (χ0v) is 13.5. The molecule has 0 radical (unpaired) electrons. The van der Waals surface area contributed by atoms with E-state index in [0.29, 0.717) is 11.4 Å². The molecule has 3 rings (SSSR count). The highest BCUT2D eigenvalue weighted by Crippen LogP contribution is 2.17. The van der Waals surface area contributed by atoms with Crippen LogP contribution in [0.1, 0.15) is 43.5 Å². The predicted molar refractivity (Wildman–Crippen MR) is 78.2 cm³/mol. The Balaban J connectivity index is 2.09. The van der Waals surface area contributed by atoms with E-state index in [-0.39, 0.29) is 21.7 Å². The van der Waals surface area contributed by atoms with Gasteiger partial charge in [-0.2, -0.15) is 10.2 Å². The fraction of sp³-hybridized carbons (Fsp3) is 0.286. The normalized spacial score (nSPS) is 11.0. The third-order valence-corrected chi connectivity index (χ3v) is 3.56. The highest BCUT2D eigenvalue weighted by molar-refractivity contribution is 6.17. The van der Waals surface area contributed by atoms with Gasteiger partial charge in [-0.1, -0.05) is 0 Å². The first-order valence-corrected chi connectivity index (χ1v) is 6.99. The molecule has 24 heavy (non-hydrogen) atoms. The fourth-order valence-corrected chi connectivity index (χ4v) is 2.49. The lowest BCUT2D eigenvalue weighted by atomic mass is 10.0. The fourth-order valence-electron chi connectivity index (χ4n) is 2.49. The average Bonchev–Trinajstić information content (AvgIpc) is 3.15. The Morgan fingerprint density at radius 3 is 2.00 bits per heavy atom. The number of carbonyl (C=O) groups is 2. The first kappa shape index (κ1) is 15.6. The Labute approximate surface area is 135 Å². The van der Waals surface area contributed by atoms with Gasteiger partial charge in [0.15, 0.2) is 0 Å². The molecule has 0 saturated carbocycles. The van der Waals surface area contributed by atoms with Crippen molar-refractivity contribution in [2.45, 2.75) is 13.8 Å². The maximum absolute atomic E-state index is 12.7. The molecule has 3 aromatic rings. The van der Waals surface area contributed by atoms with Gasteiger partial charge in [0.1, 0.15) is 0 Å². The van der Waals surface area contributed by atoms with Crippen LogP contribution in [0.5, 0.6) is 0 Å². The molecule has 0 saturated heterocycles. The van der Waals surface area contributed by atoms with Crippen LogP contribution in [-0.2, 0) is 14.1 Å². The van der Waals surface area contributed by atoms with E-state index in [4.69, 9.17) is 0 Å². The molecule has 0 spiro atoms. The first-order chi connectivity index (χ1) is 11.3. The maximum Gasteiger partial charge on any atom is 0.300 e. The smallest absolute Gasteiger partial charge is 0.300 e. The molecule has 0 atom stereocenters. The molecular formula is C14H14N6O4. The number of rotatable bonds is 4. The van der Waals surface area contributed by atoms with Gasteiger partial charge in [-0.3, -0.25) is 23.6 Å². The van der Waals surface area contributed by atoms with Crippen LogP contribution < -0.4 is 4.90 Å². The van der Waals surface area contributed by atoms with Crippen LogP contribution in [0.2, 0.25) is 0 Å². The summed E-state index contributed by atoms with van der Waals surface area (Å²) in [6, 6.07) is 0. The van der Waals surface area contributed by atoms with Crippen LogP contribution in [0.4, 0.5) is 0 Å². The Hall–Kier alpha value is -3.30. The van der Waals surface area contributed by atoms with Gasteiger partial charge in [0.05, 0.1) is 27.7 Å². The minimum absolute atomic E-state index is 0.0618. The molecule has 0 N–H and O–H groups in total. The van der Waals surface area contributed by atoms with E-state index in [1.165, 1.54) is 21.8 Å². The highest BCUT2D eigenvalue weighted by atomic mass is 16.8. The maximum atomic E-state index is 12.7. The summed E-state index contributed by atoms with van der Waals surface area (Å²) >= 11 is 0. The molecule has 0 bridgehead atoms. The van der Waals surface area contributed by atoms with Crippen molar-refractivity contribution < 1.29 is 19.1 Å². The highest BCUT2D eigenvalue weighted by Gasteiger charge is 2.35. The monoisotopic (exact) mass is 330 g/mol. The summed E-state index contributed by atoms with van der Waals surface area (Å²) in [6.45, 7) is 3.27. The van der Waals surface area contributed by atoms with Gasteiger partial charge >= 0.3 is 0 Å². The van der Waals surface area contributed by atoms with Crippen LogP contribution in [-0.4, -0.2) is 36.3 Å². The molecule has 0 aliphatic rings. The number of hydrogen-bond acceptors (Lipinski definition) is 7. The number of aromatic nitrogens is 6. The lowest BCUT2D eigenvalue weighted by Gasteiger charge is -1.97. The van der Waals surface area contributed by atoms with Crippen LogP contribution >= 0.6 is 0 Å². The zero-order chi connectivity index (χ0) is 17.6. The van der Waals surface area contributed by atoms with Crippen molar-refractivity contribution in [3.63, 3.8) is 0 Å². The minimum Gasteiger partial charge on any atom is -0.359 e. The molecular weight excluding hydrogens is 316 g/mol. The summed E-state index contributed by atoms with van der Waals surface area (Å²) < 4.78 is 7.39. The van der Waals surface area contributed by atoms with Crippen molar-refractivity contribution in [2.75, 3.05) is 0 Å². The van der Waals surface area contributed by atoms with Gasteiger partial charge in [-0.05, 0) is 18.8 Å². The van der Waals surface area contributed by atoms with Crippen LogP contribution in [0.15, 0.2) is 17.0 Å². The Bertz CT molecular complexity index is 964. The Kier molecular flexibility index (Phi) is 3.51. The Morgan fingerprint density at radius 2 is 1.54 bits per heavy atom. The van der Waals surface area contributed by atoms with Crippen molar-refractivity contribution in [3.05, 3.63) is 51.5 Å². The van der Waals surface area contributed by atoms with E-state index >= 15 is 0 Å². The van der Waals surface area contributed by atoms with Gasteiger partial charge in [0.25, 0.3) is 11.4 Å². The molecule has 0 aliphatic carbocycles. The molecule has 10 nitrogen and oxygen atoms in total. The molecule has 0 fully saturated rings. The van der Waals surface area contributed by atoms with Crippen molar-refractivity contribution in [3.8, 4) is 0 Å². The summed E-state index contributed by atoms with van der Waals surface area (Å²) in [5, 5.41) is 23.5. The van der Waals surface area contributed by atoms with Gasteiger partial charge < -0.3 is 5.21 Å². The number of hydrogen-bond donors (Lipinski definition) is 0. The van der Waals surface area contributed by atoms with Gasteiger partial charge in [0.2, 0.25) is 11.6 Å². The number of carbonyl (C=O) groups excluding carboxylic acids is 2. The van der Waals surface area contributed by atoms with Crippen molar-refractivity contribution in [1.82, 2.24) is 24.7 Å². The van der Waals surface area contributed by atoms with Gasteiger partial charge in [-0.25, -0.2) is 0 Å². The van der Waals surface area contributed by atoms with Crippen molar-refractivity contribution >= 4 is 11.6 Å². The largest absolute Gasteiger partial charge is 0.359 e. The van der Waals surface area contributed by atoms with E-state index in [1.54, 1.807) is 27.9 Å². The van der Waals surface area contributed by atoms with Crippen molar-refractivity contribution in [2.24, 2.45) is 14.1 Å². The topological polar surface area (TPSA) is 123 Å². The summed E-state index contributed by atoms with van der Waals surface area (Å²) in [7, 11) is 3.30. The average molecular weight is 330 g/mol. The Morgan fingerprint density at radius 1 is 1.04 bits per heavy atom. The van der Waals surface area contributed by atoms with Gasteiger partial charge in [0, 0.05) is 26.5 Å². The second-order valence-corrected chi connectivity index (χ2v) is 5.39. The van der Waals surface area contributed by atoms with E-state index < -0.39 is 17.3 Å². The summed E-state index contributed by atoms with van der Waals surface area (Å²) in [5.41, 5.74) is 0.498. The molecule has 124 valence electrons.